The molecule has 0 heterocycles. The van der Waals surface area contributed by atoms with Crippen LogP contribution in [0.25, 0.3) is 0 Å². The number of Topliss-reactive ketones (excluding diaryl/α,β-unsaturated/α-hetero) is 1. The molecule has 0 N–H and O–H groups in total. The van der Waals surface area contributed by atoms with Gasteiger partial charge >= 0.3 is 12.4 Å². The number of hydrogen-bond acceptors (Lipinski definition) is 5. The Morgan fingerprint density at radius 3 is 1.21 bits per heavy atom. The molecule has 2 aromatic rings. The number of carbonyl (C=O) groups excluding carboxylic acids is 1. The molecule has 0 aliphatic rings. The molecule has 11 heteroatoms. The van der Waals surface area contributed by atoms with Crippen LogP contribution >= 0.6 is 0 Å². The fourth-order valence-electron chi connectivity index (χ4n) is 3.80. The van der Waals surface area contributed by atoms with Crippen molar-refractivity contribution in [2.24, 2.45) is 0 Å². The summed E-state index contributed by atoms with van der Waals surface area (Å²) >= 11 is 0. The van der Waals surface area contributed by atoms with Gasteiger partial charge in [-0.25, -0.2) is 0 Å². The number of halogens is 6. The summed E-state index contributed by atoms with van der Waals surface area (Å²) in [6.07, 6.45) is -9.77. The van der Waals surface area contributed by atoms with Gasteiger partial charge in [0, 0.05) is 35.1 Å². The van der Waals surface area contributed by atoms with Gasteiger partial charge in [0.25, 0.3) is 0 Å². The Morgan fingerprint density at radius 2 is 0.971 bits per heavy atom. The van der Waals surface area contributed by atoms with Crippen molar-refractivity contribution in [1.82, 2.24) is 0 Å². The number of rotatable bonds is 8. The molecule has 0 aromatic heterocycles. The molecule has 0 radical (unpaired) electrons. The highest BCUT2D eigenvalue weighted by atomic mass is 19.4. The first-order valence-electron chi connectivity index (χ1n) is 9.91. The van der Waals surface area contributed by atoms with Crippen molar-refractivity contribution in [3.8, 4) is 23.0 Å². The minimum Gasteiger partial charge on any atom is -0.497 e. The van der Waals surface area contributed by atoms with Crippen LogP contribution in [0.2, 0.25) is 0 Å². The first-order chi connectivity index (χ1) is 15.7. The molecular weight excluding hydrogens is 470 g/mol. The summed E-state index contributed by atoms with van der Waals surface area (Å²) in [5.41, 5.74) is -3.38. The summed E-state index contributed by atoms with van der Waals surface area (Å²) in [4.78, 5) is 13.3. The Labute approximate surface area is 192 Å². The number of alkyl halides is 6. The fourth-order valence-corrected chi connectivity index (χ4v) is 3.80. The van der Waals surface area contributed by atoms with Crippen LogP contribution in [0.1, 0.15) is 47.9 Å². The quantitative estimate of drug-likeness (QED) is 0.407. The number of carbonyl (C=O) groups is 1. The van der Waals surface area contributed by atoms with Crippen molar-refractivity contribution in [3.05, 3.63) is 46.5 Å². The largest absolute Gasteiger partial charge is 0.497 e. The number of methoxy groups -OCH3 is 4. The molecule has 2 unspecified atom stereocenters. The fraction of sp³-hybridized carbons (Fsp3) is 0.435. The van der Waals surface area contributed by atoms with Gasteiger partial charge in [0.1, 0.15) is 28.8 Å². The average Bonchev–Trinajstić information content (AvgIpc) is 2.79. The first kappa shape index (κ1) is 27.1. The van der Waals surface area contributed by atoms with Crippen LogP contribution in [0.4, 0.5) is 26.3 Å². The van der Waals surface area contributed by atoms with Gasteiger partial charge in [0.15, 0.2) is 0 Å². The third-order valence-electron chi connectivity index (χ3n) is 5.47. The van der Waals surface area contributed by atoms with Crippen LogP contribution in [-0.4, -0.2) is 34.2 Å². The van der Waals surface area contributed by atoms with Crippen molar-refractivity contribution >= 4 is 5.78 Å². The van der Waals surface area contributed by atoms with Gasteiger partial charge < -0.3 is 18.9 Å². The molecule has 0 saturated heterocycles. The van der Waals surface area contributed by atoms with Crippen LogP contribution in [0.3, 0.4) is 0 Å². The van der Waals surface area contributed by atoms with Gasteiger partial charge in [-0.2, -0.15) is 26.3 Å². The van der Waals surface area contributed by atoms with E-state index in [9.17, 15) is 31.1 Å². The summed E-state index contributed by atoms with van der Waals surface area (Å²) in [6.45, 7) is 2.36. The summed E-state index contributed by atoms with van der Waals surface area (Å²) in [7, 11) is 4.57. The molecule has 0 saturated carbocycles. The van der Waals surface area contributed by atoms with Crippen LogP contribution in [-0.2, 0) is 17.1 Å². The lowest BCUT2D eigenvalue weighted by Gasteiger charge is -2.26. The lowest BCUT2D eigenvalue weighted by molar-refractivity contribution is -0.139. The maximum Gasteiger partial charge on any atom is 0.416 e. The Balaban J connectivity index is 2.71. The lowest BCUT2D eigenvalue weighted by Crippen LogP contribution is -2.23. The molecule has 0 bridgehead atoms. The lowest BCUT2D eigenvalue weighted by atomic mass is 9.81. The Hall–Kier alpha value is -3.11. The highest BCUT2D eigenvalue weighted by Crippen LogP contribution is 2.47. The predicted octanol–water partition coefficient (Wildman–Crippen LogP) is 6.23. The van der Waals surface area contributed by atoms with Crippen molar-refractivity contribution < 1.29 is 50.1 Å². The van der Waals surface area contributed by atoms with E-state index in [-0.39, 0.29) is 23.0 Å². The second-order valence-corrected chi connectivity index (χ2v) is 7.42. The van der Waals surface area contributed by atoms with E-state index in [1.165, 1.54) is 40.2 Å². The summed E-state index contributed by atoms with van der Waals surface area (Å²) in [5.74, 6) is -4.74. The molecule has 0 amide bonds. The molecule has 34 heavy (non-hydrogen) atoms. The highest BCUT2D eigenvalue weighted by molar-refractivity contribution is 5.93. The molecule has 0 aliphatic heterocycles. The maximum absolute atomic E-state index is 13.8. The van der Waals surface area contributed by atoms with Crippen molar-refractivity contribution in [2.75, 3.05) is 28.4 Å². The van der Waals surface area contributed by atoms with E-state index in [1.54, 1.807) is 0 Å². The van der Waals surface area contributed by atoms with E-state index < -0.39 is 52.2 Å². The Morgan fingerprint density at radius 1 is 0.647 bits per heavy atom. The van der Waals surface area contributed by atoms with Gasteiger partial charge in [-0.3, -0.25) is 4.79 Å². The SMILES string of the molecule is COc1cc(OC)c(C(C)C(=O)C(C)c2c(OC)cc(OC)cc2C(F)(F)F)c(C(F)(F)F)c1. The summed E-state index contributed by atoms with van der Waals surface area (Å²) in [6, 6.07) is 3.77. The topological polar surface area (TPSA) is 54.0 Å². The van der Waals surface area contributed by atoms with E-state index in [0.29, 0.717) is 12.1 Å². The van der Waals surface area contributed by atoms with E-state index >= 15 is 0 Å². The van der Waals surface area contributed by atoms with Crippen LogP contribution in [0.5, 0.6) is 23.0 Å². The predicted molar refractivity (Wildman–Crippen MR) is 111 cm³/mol. The molecule has 0 spiro atoms. The normalized spacial score (nSPS) is 13.8. The van der Waals surface area contributed by atoms with Crippen LogP contribution < -0.4 is 18.9 Å². The smallest absolute Gasteiger partial charge is 0.416 e. The zero-order valence-electron chi connectivity index (χ0n) is 19.3. The van der Waals surface area contributed by atoms with E-state index in [0.717, 1.165) is 14.2 Å². The number of ether oxygens (including phenoxy) is 4. The maximum atomic E-state index is 13.8. The van der Waals surface area contributed by atoms with Crippen molar-refractivity contribution in [1.29, 1.82) is 0 Å². The molecule has 188 valence electrons. The Bertz CT molecular complexity index is 964. The molecule has 5 nitrogen and oxygen atoms in total. The minimum atomic E-state index is -4.89. The second kappa shape index (κ2) is 10.0. The Kier molecular flexibility index (Phi) is 8.00. The number of ketones is 1. The number of benzene rings is 2. The third kappa shape index (κ3) is 5.34. The molecule has 0 aliphatic carbocycles. The van der Waals surface area contributed by atoms with Gasteiger partial charge in [-0.1, -0.05) is 13.8 Å². The summed E-state index contributed by atoms with van der Waals surface area (Å²) < 4.78 is 103. The molecule has 0 fully saturated rings. The molecule has 2 atom stereocenters. The van der Waals surface area contributed by atoms with Crippen LogP contribution in [0.15, 0.2) is 24.3 Å². The monoisotopic (exact) mass is 494 g/mol. The van der Waals surface area contributed by atoms with E-state index in [4.69, 9.17) is 18.9 Å². The third-order valence-corrected chi connectivity index (χ3v) is 5.47. The zero-order chi connectivity index (χ0) is 26.0. The van der Waals surface area contributed by atoms with Gasteiger partial charge in [0.05, 0.1) is 39.6 Å². The van der Waals surface area contributed by atoms with Gasteiger partial charge in [-0.05, 0) is 12.1 Å². The summed E-state index contributed by atoms with van der Waals surface area (Å²) in [5, 5.41) is 0. The first-order valence-corrected chi connectivity index (χ1v) is 9.91. The van der Waals surface area contributed by atoms with Gasteiger partial charge in [-0.15, -0.1) is 0 Å². The average molecular weight is 494 g/mol. The molecule has 2 aromatic carbocycles. The van der Waals surface area contributed by atoms with Crippen LogP contribution in [0, 0.1) is 0 Å². The minimum absolute atomic E-state index is 0.156. The van der Waals surface area contributed by atoms with Crippen molar-refractivity contribution in [3.63, 3.8) is 0 Å². The zero-order valence-corrected chi connectivity index (χ0v) is 19.3. The van der Waals surface area contributed by atoms with Gasteiger partial charge in [0.2, 0.25) is 0 Å². The second-order valence-electron chi connectivity index (χ2n) is 7.42. The van der Waals surface area contributed by atoms with Crippen molar-refractivity contribution in [2.45, 2.75) is 38.0 Å². The number of hydrogen-bond donors (Lipinski definition) is 0. The molecular formula is C23H24F6O5. The standard InChI is InChI=1S/C23H24F6O5/c1-11(19-15(22(24,25)26)7-13(31-3)9-17(19)33-5)21(30)12(2)20-16(23(27,28)29)8-14(32-4)10-18(20)34-6/h7-12H,1-6H3. The van der Waals surface area contributed by atoms with E-state index in [1.807, 2.05) is 0 Å². The van der Waals surface area contributed by atoms with E-state index in [2.05, 4.69) is 0 Å². The molecule has 2 rings (SSSR count). The highest BCUT2D eigenvalue weighted by Gasteiger charge is 2.42.